The second-order valence-corrected chi connectivity index (χ2v) is 6.43. The largest absolute Gasteiger partial charge is 0.309 e. The van der Waals surface area contributed by atoms with Crippen LogP contribution in [0, 0.1) is 6.92 Å². The normalized spacial score (nSPS) is 12.5. The first-order chi connectivity index (χ1) is 9.31. The third kappa shape index (κ3) is 4.30. The molecule has 1 atom stereocenters. The van der Waals surface area contributed by atoms with Gasteiger partial charge in [0.25, 0.3) is 0 Å². The summed E-state index contributed by atoms with van der Waals surface area (Å²) in [6, 6.07) is 8.95. The lowest BCUT2D eigenvalue weighted by Crippen LogP contribution is -2.24. The highest BCUT2D eigenvalue weighted by Crippen LogP contribution is 2.26. The van der Waals surface area contributed by atoms with E-state index in [0.29, 0.717) is 6.04 Å². The SMILES string of the molecule is CCCNC(CSc1ncns1)c1ccccc1C. The van der Waals surface area contributed by atoms with Gasteiger partial charge in [0.2, 0.25) is 0 Å². The van der Waals surface area contributed by atoms with Crippen LogP contribution < -0.4 is 5.32 Å². The minimum Gasteiger partial charge on any atom is -0.309 e. The minimum atomic E-state index is 0.370. The van der Waals surface area contributed by atoms with Gasteiger partial charge in [-0.1, -0.05) is 43.0 Å². The molecule has 0 fully saturated rings. The van der Waals surface area contributed by atoms with E-state index in [9.17, 15) is 0 Å². The summed E-state index contributed by atoms with van der Waals surface area (Å²) in [4.78, 5) is 4.23. The maximum absolute atomic E-state index is 4.23. The summed E-state index contributed by atoms with van der Waals surface area (Å²) in [6.07, 6.45) is 2.76. The molecule has 0 bridgehead atoms. The van der Waals surface area contributed by atoms with Gasteiger partial charge in [-0.15, -0.1) is 0 Å². The van der Waals surface area contributed by atoms with Gasteiger partial charge >= 0.3 is 0 Å². The molecule has 0 saturated carbocycles. The van der Waals surface area contributed by atoms with E-state index in [-0.39, 0.29) is 0 Å². The zero-order valence-corrected chi connectivity index (χ0v) is 12.9. The molecule has 0 aliphatic rings. The fourth-order valence-electron chi connectivity index (χ4n) is 1.94. The molecule has 1 unspecified atom stereocenters. The lowest BCUT2D eigenvalue weighted by atomic mass is 10.0. The molecule has 0 amide bonds. The van der Waals surface area contributed by atoms with Crippen LogP contribution in [0.2, 0.25) is 0 Å². The maximum atomic E-state index is 4.23. The Kier molecular flexibility index (Phi) is 5.82. The highest BCUT2D eigenvalue weighted by atomic mass is 32.2. The van der Waals surface area contributed by atoms with Crippen molar-refractivity contribution < 1.29 is 0 Å². The van der Waals surface area contributed by atoms with Crippen LogP contribution in [0.3, 0.4) is 0 Å². The first kappa shape index (κ1) is 14.5. The molecule has 3 nitrogen and oxygen atoms in total. The van der Waals surface area contributed by atoms with Gasteiger partial charge in [0.1, 0.15) is 6.33 Å². The van der Waals surface area contributed by atoms with Gasteiger partial charge in [-0.3, -0.25) is 0 Å². The van der Waals surface area contributed by atoms with Gasteiger partial charge in [0.05, 0.1) is 0 Å². The van der Waals surface area contributed by atoms with E-state index in [1.54, 1.807) is 18.1 Å². The smallest absolute Gasteiger partial charge is 0.169 e. The summed E-state index contributed by atoms with van der Waals surface area (Å²) in [5.41, 5.74) is 2.72. The Morgan fingerprint density at radius 2 is 2.21 bits per heavy atom. The Balaban J connectivity index is 2.05. The van der Waals surface area contributed by atoms with Crippen LogP contribution in [0.1, 0.15) is 30.5 Å². The quantitative estimate of drug-likeness (QED) is 0.790. The average Bonchev–Trinajstić information content (AvgIpc) is 2.93. The molecule has 19 heavy (non-hydrogen) atoms. The van der Waals surface area contributed by atoms with Crippen LogP contribution in [0.25, 0.3) is 0 Å². The maximum Gasteiger partial charge on any atom is 0.169 e. The number of rotatable bonds is 7. The summed E-state index contributed by atoms with van der Waals surface area (Å²) in [6.45, 7) is 5.40. The first-order valence-corrected chi connectivity index (χ1v) is 8.25. The molecule has 0 saturated heterocycles. The van der Waals surface area contributed by atoms with Crippen LogP contribution >= 0.6 is 23.3 Å². The van der Waals surface area contributed by atoms with Crippen LogP contribution in [-0.4, -0.2) is 21.7 Å². The minimum absolute atomic E-state index is 0.370. The van der Waals surface area contributed by atoms with E-state index in [1.165, 1.54) is 22.7 Å². The predicted molar refractivity (Wildman–Crippen MR) is 82.8 cm³/mol. The van der Waals surface area contributed by atoms with Crippen molar-refractivity contribution in [3.05, 3.63) is 41.7 Å². The number of aryl methyl sites for hydroxylation is 1. The number of nitrogens with zero attached hydrogens (tertiary/aromatic N) is 2. The predicted octanol–water partition coefficient (Wildman–Crippen LogP) is 3.68. The third-order valence-corrected chi connectivity index (χ3v) is 4.81. The molecule has 2 rings (SSSR count). The van der Waals surface area contributed by atoms with Gasteiger partial charge in [-0.05, 0) is 42.5 Å². The Labute approximate surface area is 123 Å². The fourth-order valence-corrected chi connectivity index (χ4v) is 3.49. The number of aromatic nitrogens is 2. The summed E-state index contributed by atoms with van der Waals surface area (Å²) >= 11 is 3.23. The number of hydrogen-bond donors (Lipinski definition) is 1. The number of nitrogens with one attached hydrogen (secondary N) is 1. The van der Waals surface area contributed by atoms with Gasteiger partial charge < -0.3 is 5.32 Å². The molecule has 0 aliphatic carbocycles. The molecule has 102 valence electrons. The molecule has 2 aromatic rings. The lowest BCUT2D eigenvalue weighted by Gasteiger charge is -2.20. The molecule has 0 radical (unpaired) electrons. The van der Waals surface area contributed by atoms with Crippen molar-refractivity contribution in [2.75, 3.05) is 12.3 Å². The molecule has 0 spiro atoms. The lowest BCUT2D eigenvalue weighted by molar-refractivity contribution is 0.575. The molecule has 1 heterocycles. The van der Waals surface area contributed by atoms with Crippen LogP contribution in [0.15, 0.2) is 34.9 Å². The van der Waals surface area contributed by atoms with Crippen molar-refractivity contribution in [3.63, 3.8) is 0 Å². The van der Waals surface area contributed by atoms with E-state index in [4.69, 9.17) is 0 Å². The summed E-state index contributed by atoms with van der Waals surface area (Å²) in [7, 11) is 0. The molecule has 0 aliphatic heterocycles. The molecule has 1 aromatic heterocycles. The summed E-state index contributed by atoms with van der Waals surface area (Å²) in [5.74, 6) is 0.986. The topological polar surface area (TPSA) is 37.8 Å². The highest BCUT2D eigenvalue weighted by molar-refractivity contribution is 8.00. The number of benzene rings is 1. The summed E-state index contributed by atoms with van der Waals surface area (Å²) in [5, 5.41) is 3.62. The fraction of sp³-hybridized carbons (Fsp3) is 0.429. The van der Waals surface area contributed by atoms with Crippen LogP contribution in [0.4, 0.5) is 0 Å². The Morgan fingerprint density at radius 1 is 1.37 bits per heavy atom. The van der Waals surface area contributed by atoms with E-state index in [0.717, 1.165) is 23.1 Å². The van der Waals surface area contributed by atoms with E-state index >= 15 is 0 Å². The van der Waals surface area contributed by atoms with E-state index in [1.807, 2.05) is 0 Å². The molecular weight excluding hydrogens is 274 g/mol. The molecular formula is C14H19N3S2. The van der Waals surface area contributed by atoms with Gasteiger partial charge in [0, 0.05) is 11.8 Å². The van der Waals surface area contributed by atoms with Crippen molar-refractivity contribution in [2.45, 2.75) is 30.6 Å². The Hall–Kier alpha value is -0.910. The number of hydrogen-bond acceptors (Lipinski definition) is 5. The Morgan fingerprint density at radius 3 is 2.89 bits per heavy atom. The highest BCUT2D eigenvalue weighted by Gasteiger charge is 2.13. The van der Waals surface area contributed by atoms with Gasteiger partial charge in [-0.25, -0.2) is 4.98 Å². The average molecular weight is 293 g/mol. The Bertz CT molecular complexity index is 485. The van der Waals surface area contributed by atoms with Crippen molar-refractivity contribution in [2.24, 2.45) is 0 Å². The molecule has 1 aromatic carbocycles. The zero-order valence-electron chi connectivity index (χ0n) is 11.3. The second-order valence-electron chi connectivity index (χ2n) is 4.38. The van der Waals surface area contributed by atoms with Crippen molar-refractivity contribution in [1.82, 2.24) is 14.7 Å². The van der Waals surface area contributed by atoms with Crippen LogP contribution in [-0.2, 0) is 0 Å². The standard InChI is InChI=1S/C14H19N3S2/c1-3-8-15-13(9-18-14-16-10-17-19-14)12-7-5-4-6-11(12)2/h4-7,10,13,15H,3,8-9H2,1-2H3. The number of thioether (sulfide) groups is 1. The third-order valence-electron chi connectivity index (χ3n) is 2.92. The van der Waals surface area contributed by atoms with Gasteiger partial charge in [0.15, 0.2) is 4.34 Å². The monoisotopic (exact) mass is 293 g/mol. The first-order valence-electron chi connectivity index (χ1n) is 6.49. The zero-order chi connectivity index (χ0) is 13.5. The second kappa shape index (κ2) is 7.62. The van der Waals surface area contributed by atoms with Crippen molar-refractivity contribution in [3.8, 4) is 0 Å². The van der Waals surface area contributed by atoms with Crippen molar-refractivity contribution >= 4 is 23.3 Å². The molecule has 5 heteroatoms. The van der Waals surface area contributed by atoms with Gasteiger partial charge in [-0.2, -0.15) is 4.37 Å². The van der Waals surface area contributed by atoms with E-state index < -0.39 is 0 Å². The van der Waals surface area contributed by atoms with E-state index in [2.05, 4.69) is 52.8 Å². The molecule has 1 N–H and O–H groups in total. The summed E-state index contributed by atoms with van der Waals surface area (Å²) < 4.78 is 5.08. The van der Waals surface area contributed by atoms with Crippen LogP contribution in [0.5, 0.6) is 0 Å². The van der Waals surface area contributed by atoms with Crippen molar-refractivity contribution in [1.29, 1.82) is 0 Å².